The van der Waals surface area contributed by atoms with Crippen LogP contribution in [0.4, 0.5) is 5.69 Å². The number of nitrogens with zero attached hydrogens (tertiary/aromatic N) is 1. The van der Waals surface area contributed by atoms with E-state index in [9.17, 15) is 14.9 Å². The van der Waals surface area contributed by atoms with Gasteiger partial charge in [0.05, 0.1) is 22.4 Å². The summed E-state index contributed by atoms with van der Waals surface area (Å²) in [5.74, 6) is -0.358. The van der Waals surface area contributed by atoms with E-state index in [0.29, 0.717) is 12.2 Å². The van der Waals surface area contributed by atoms with Crippen molar-refractivity contribution in [3.8, 4) is 0 Å². The number of carbonyl (C=O) groups is 1. The van der Waals surface area contributed by atoms with Gasteiger partial charge >= 0.3 is 5.97 Å². The van der Waals surface area contributed by atoms with Gasteiger partial charge in [-0.1, -0.05) is 30.3 Å². The fraction of sp³-hybridized carbons (Fsp3) is 0.167. The molecule has 0 aromatic heterocycles. The molecule has 0 unspecified atom stereocenters. The average molecular weight is 341 g/mol. The fourth-order valence-electron chi connectivity index (χ4n) is 2.54. The van der Waals surface area contributed by atoms with E-state index < -0.39 is 4.92 Å². The molecule has 24 heavy (non-hydrogen) atoms. The third-order valence-electron chi connectivity index (χ3n) is 3.68. The number of hydrogen-bond donors (Lipinski definition) is 0. The number of rotatable bonds is 4. The number of thioether (sulfide) groups is 1. The molecule has 0 aliphatic carbocycles. The summed E-state index contributed by atoms with van der Waals surface area (Å²) in [5.41, 5.74) is 2.39. The van der Waals surface area contributed by atoms with Gasteiger partial charge in [0.2, 0.25) is 0 Å². The maximum atomic E-state index is 12.4. The van der Waals surface area contributed by atoms with Gasteiger partial charge in [0.1, 0.15) is 0 Å². The quantitative estimate of drug-likeness (QED) is 0.469. The smallest absolute Gasteiger partial charge is 0.335 e. The molecule has 2 aromatic rings. The number of nitro groups is 1. The molecule has 2 aromatic carbocycles. The molecule has 6 heteroatoms. The van der Waals surface area contributed by atoms with Crippen molar-refractivity contribution in [1.29, 1.82) is 0 Å². The highest BCUT2D eigenvalue weighted by atomic mass is 32.2. The lowest BCUT2D eigenvalue weighted by Crippen LogP contribution is -2.15. The van der Waals surface area contributed by atoms with Crippen LogP contribution >= 0.6 is 11.8 Å². The van der Waals surface area contributed by atoms with Crippen molar-refractivity contribution < 1.29 is 14.5 Å². The Bertz CT molecular complexity index is 814. The van der Waals surface area contributed by atoms with Crippen molar-refractivity contribution in [2.75, 3.05) is 6.61 Å². The SMILES string of the molecule is CCOC(=O)C1=Cc2ccccc2S[C@@H]1c1ccc([N+](=O)[O-])cc1. The summed E-state index contributed by atoms with van der Waals surface area (Å²) in [4.78, 5) is 23.8. The van der Waals surface area contributed by atoms with E-state index in [1.807, 2.05) is 30.3 Å². The van der Waals surface area contributed by atoms with Crippen LogP contribution in [0, 0.1) is 10.1 Å². The minimum Gasteiger partial charge on any atom is -0.463 e. The fourth-order valence-corrected chi connectivity index (χ4v) is 3.80. The lowest BCUT2D eigenvalue weighted by atomic mass is 10.0. The first-order valence-electron chi connectivity index (χ1n) is 7.49. The highest BCUT2D eigenvalue weighted by molar-refractivity contribution is 8.00. The summed E-state index contributed by atoms with van der Waals surface area (Å²) in [6, 6.07) is 14.1. The highest BCUT2D eigenvalue weighted by Gasteiger charge is 2.29. The zero-order valence-corrected chi connectivity index (χ0v) is 13.8. The summed E-state index contributed by atoms with van der Waals surface area (Å²) in [7, 11) is 0. The van der Waals surface area contributed by atoms with E-state index in [0.717, 1.165) is 16.0 Å². The number of nitro benzene ring substituents is 1. The van der Waals surface area contributed by atoms with Gasteiger partial charge in [-0.2, -0.15) is 0 Å². The molecule has 1 aliphatic heterocycles. The predicted octanol–water partition coefficient (Wildman–Crippen LogP) is 4.39. The first-order chi connectivity index (χ1) is 11.6. The Hall–Kier alpha value is -2.60. The molecule has 0 saturated carbocycles. The van der Waals surface area contributed by atoms with Crippen molar-refractivity contribution in [2.45, 2.75) is 17.1 Å². The van der Waals surface area contributed by atoms with Gasteiger partial charge in [-0.05, 0) is 30.2 Å². The number of hydrogen-bond acceptors (Lipinski definition) is 5. The van der Waals surface area contributed by atoms with Gasteiger partial charge in [-0.3, -0.25) is 10.1 Å². The molecular weight excluding hydrogens is 326 g/mol. The maximum absolute atomic E-state index is 12.4. The number of benzene rings is 2. The van der Waals surface area contributed by atoms with Crippen molar-refractivity contribution in [2.24, 2.45) is 0 Å². The first kappa shape index (κ1) is 16.3. The van der Waals surface area contributed by atoms with Gasteiger partial charge in [0, 0.05) is 17.0 Å². The summed E-state index contributed by atoms with van der Waals surface area (Å²) in [6.07, 6.45) is 1.84. The van der Waals surface area contributed by atoms with E-state index >= 15 is 0 Å². The van der Waals surface area contributed by atoms with Crippen LogP contribution < -0.4 is 0 Å². The Balaban J connectivity index is 2.01. The van der Waals surface area contributed by atoms with Crippen LogP contribution in [0.25, 0.3) is 6.08 Å². The summed E-state index contributed by atoms with van der Waals surface area (Å²) in [5, 5.41) is 10.6. The number of esters is 1. The molecule has 0 saturated heterocycles. The Labute approximate surface area is 143 Å². The molecule has 1 atom stereocenters. The monoisotopic (exact) mass is 341 g/mol. The molecule has 1 heterocycles. The maximum Gasteiger partial charge on any atom is 0.335 e. The molecule has 1 aliphatic rings. The van der Waals surface area contributed by atoms with E-state index in [2.05, 4.69) is 0 Å². The molecule has 0 fully saturated rings. The molecule has 122 valence electrons. The lowest BCUT2D eigenvalue weighted by Gasteiger charge is -2.24. The number of carbonyl (C=O) groups excluding carboxylic acids is 1. The summed E-state index contributed by atoms with van der Waals surface area (Å²) >= 11 is 1.55. The van der Waals surface area contributed by atoms with Crippen LogP contribution in [0.3, 0.4) is 0 Å². The standard InChI is InChI=1S/C18H15NO4S/c1-2-23-18(20)15-11-13-5-3-4-6-16(13)24-17(15)12-7-9-14(10-8-12)19(21)22/h3-11,17H,2H2,1H3/t17-/m1/s1. The average Bonchev–Trinajstić information content (AvgIpc) is 2.61. The van der Waals surface area contributed by atoms with Gasteiger partial charge in [0.25, 0.3) is 5.69 Å². The van der Waals surface area contributed by atoms with Crippen LogP contribution in [0.15, 0.2) is 59.0 Å². The Kier molecular flexibility index (Phi) is 4.66. The zero-order chi connectivity index (χ0) is 17.1. The molecule has 0 bridgehead atoms. The van der Waals surface area contributed by atoms with Crippen LogP contribution in [0.1, 0.15) is 23.3 Å². The third-order valence-corrected chi connectivity index (χ3v) is 5.06. The summed E-state index contributed by atoms with van der Waals surface area (Å²) < 4.78 is 5.18. The molecular formula is C18H15NO4S. The molecule has 0 radical (unpaired) electrons. The second-order valence-electron chi connectivity index (χ2n) is 5.20. The second-order valence-corrected chi connectivity index (χ2v) is 6.35. The largest absolute Gasteiger partial charge is 0.463 e. The van der Waals surface area contributed by atoms with Gasteiger partial charge in [-0.25, -0.2) is 4.79 Å². The predicted molar refractivity (Wildman–Crippen MR) is 92.7 cm³/mol. The van der Waals surface area contributed by atoms with E-state index in [-0.39, 0.29) is 16.9 Å². The topological polar surface area (TPSA) is 69.4 Å². The first-order valence-corrected chi connectivity index (χ1v) is 8.37. The molecule has 0 spiro atoms. The van der Waals surface area contributed by atoms with Crippen molar-refractivity contribution in [3.63, 3.8) is 0 Å². The summed E-state index contributed by atoms with van der Waals surface area (Å²) in [6.45, 7) is 2.07. The van der Waals surface area contributed by atoms with E-state index in [4.69, 9.17) is 4.74 Å². The number of fused-ring (bicyclic) bond motifs is 1. The Morgan fingerprint density at radius 2 is 1.92 bits per heavy atom. The molecule has 0 amide bonds. The second kappa shape index (κ2) is 6.88. The van der Waals surface area contributed by atoms with Crippen LogP contribution in [0.2, 0.25) is 0 Å². The zero-order valence-electron chi connectivity index (χ0n) is 13.0. The van der Waals surface area contributed by atoms with Gasteiger partial charge < -0.3 is 4.74 Å². The Morgan fingerprint density at radius 3 is 2.58 bits per heavy atom. The third kappa shape index (κ3) is 3.19. The van der Waals surface area contributed by atoms with Gasteiger partial charge in [-0.15, -0.1) is 11.8 Å². The van der Waals surface area contributed by atoms with Crippen molar-refractivity contribution >= 4 is 29.5 Å². The molecule has 3 rings (SSSR count). The lowest BCUT2D eigenvalue weighted by molar-refractivity contribution is -0.384. The van der Waals surface area contributed by atoms with Crippen LogP contribution in [-0.4, -0.2) is 17.5 Å². The van der Waals surface area contributed by atoms with Crippen molar-refractivity contribution in [3.05, 3.63) is 75.3 Å². The van der Waals surface area contributed by atoms with Crippen LogP contribution in [0.5, 0.6) is 0 Å². The van der Waals surface area contributed by atoms with E-state index in [1.165, 1.54) is 12.1 Å². The number of ether oxygens (including phenoxy) is 1. The van der Waals surface area contributed by atoms with Crippen molar-refractivity contribution in [1.82, 2.24) is 0 Å². The minimum absolute atomic E-state index is 0.0293. The van der Waals surface area contributed by atoms with Gasteiger partial charge in [0.15, 0.2) is 0 Å². The normalized spacial score (nSPS) is 16.0. The van der Waals surface area contributed by atoms with Crippen LogP contribution in [-0.2, 0) is 9.53 Å². The molecule has 5 nitrogen and oxygen atoms in total. The molecule has 0 N–H and O–H groups in total. The Morgan fingerprint density at radius 1 is 1.21 bits per heavy atom. The highest BCUT2D eigenvalue weighted by Crippen LogP contribution is 2.47. The number of non-ortho nitro benzene ring substituents is 1. The minimum atomic E-state index is -0.435. The van der Waals surface area contributed by atoms with E-state index in [1.54, 1.807) is 30.8 Å².